The molecule has 0 spiro atoms. The highest BCUT2D eigenvalue weighted by atomic mass is 33.1. The lowest BCUT2D eigenvalue weighted by molar-refractivity contribution is -0.147. The molecule has 0 aliphatic carbocycles. The third-order valence-electron chi connectivity index (χ3n) is 4.66. The number of benzene rings is 1. The maximum Gasteiger partial charge on any atom is 0.394 e. The molecule has 1 aromatic rings. The van der Waals surface area contributed by atoms with Gasteiger partial charge in [-0.2, -0.15) is 0 Å². The zero-order valence-electron chi connectivity index (χ0n) is 20.4. The summed E-state index contributed by atoms with van der Waals surface area (Å²) >= 11 is 0. The molecular weight excluding hydrogens is 538 g/mol. The van der Waals surface area contributed by atoms with Gasteiger partial charge in [-0.15, -0.1) is 0 Å². The fourth-order valence-electron chi connectivity index (χ4n) is 2.91. The molecule has 2 atom stereocenters. The quantitative estimate of drug-likeness (QED) is 0.0560. The molecule has 208 valence electrons. The van der Waals surface area contributed by atoms with Gasteiger partial charge in [0, 0.05) is 42.7 Å². The van der Waals surface area contributed by atoms with Gasteiger partial charge < -0.3 is 37.2 Å². The van der Waals surface area contributed by atoms with Crippen LogP contribution in [0.25, 0.3) is 0 Å². The van der Waals surface area contributed by atoms with Gasteiger partial charge in [-0.05, 0) is 30.2 Å². The number of carboxylic acid groups (broad SMARTS) is 2. The minimum Gasteiger partial charge on any atom is -0.481 e. The van der Waals surface area contributed by atoms with Gasteiger partial charge in [-0.1, -0.05) is 40.3 Å². The van der Waals surface area contributed by atoms with Gasteiger partial charge in [0.15, 0.2) is 0 Å². The molecular formula is C23H31N5O8S2. The Balaban J connectivity index is 2.88. The van der Waals surface area contributed by atoms with E-state index in [2.05, 4.69) is 27.8 Å². The van der Waals surface area contributed by atoms with E-state index >= 15 is 0 Å². The van der Waals surface area contributed by atoms with Gasteiger partial charge in [0.2, 0.25) is 17.7 Å². The van der Waals surface area contributed by atoms with Crippen LogP contribution in [0.4, 0.5) is 5.69 Å². The van der Waals surface area contributed by atoms with Crippen molar-refractivity contribution in [1.82, 2.24) is 16.0 Å². The summed E-state index contributed by atoms with van der Waals surface area (Å²) in [5.74, 6) is -4.72. The van der Waals surface area contributed by atoms with E-state index in [9.17, 15) is 33.9 Å². The Kier molecular flexibility index (Phi) is 15.2. The minimum atomic E-state index is -1.62. The van der Waals surface area contributed by atoms with Crippen molar-refractivity contribution >= 4 is 62.8 Å². The van der Waals surface area contributed by atoms with E-state index in [0.29, 0.717) is 24.5 Å². The molecule has 0 saturated heterocycles. The summed E-state index contributed by atoms with van der Waals surface area (Å²) < 4.78 is 0. The Hall–Kier alpha value is -3.56. The van der Waals surface area contributed by atoms with Crippen molar-refractivity contribution in [2.24, 2.45) is 5.73 Å². The van der Waals surface area contributed by atoms with Crippen LogP contribution in [-0.4, -0.2) is 82.5 Å². The Morgan fingerprint density at radius 1 is 1.03 bits per heavy atom. The number of hydrogen-bond donors (Lipinski definition) is 7. The van der Waals surface area contributed by atoms with Gasteiger partial charge in [-0.25, -0.2) is 4.79 Å². The predicted molar refractivity (Wildman–Crippen MR) is 144 cm³/mol. The second-order valence-electron chi connectivity index (χ2n) is 7.72. The number of carbonyl (C=O) groups is 6. The van der Waals surface area contributed by atoms with Crippen LogP contribution >= 0.6 is 21.6 Å². The summed E-state index contributed by atoms with van der Waals surface area (Å²) in [6.07, 6.45) is 0.567. The zero-order chi connectivity index (χ0) is 28.5. The van der Waals surface area contributed by atoms with E-state index in [1.807, 2.05) is 0 Å². The molecule has 0 aliphatic rings. The molecule has 0 fully saturated rings. The van der Waals surface area contributed by atoms with Gasteiger partial charge in [0.05, 0.1) is 6.42 Å². The summed E-state index contributed by atoms with van der Waals surface area (Å²) in [6.45, 7) is 3.75. The van der Waals surface area contributed by atoms with Crippen molar-refractivity contribution in [3.05, 3.63) is 42.5 Å². The van der Waals surface area contributed by atoms with E-state index < -0.39 is 54.1 Å². The molecule has 38 heavy (non-hydrogen) atoms. The molecule has 8 N–H and O–H groups in total. The van der Waals surface area contributed by atoms with Crippen LogP contribution in [0.3, 0.4) is 0 Å². The highest BCUT2D eigenvalue weighted by Crippen LogP contribution is 2.23. The molecule has 4 amide bonds. The fourth-order valence-corrected chi connectivity index (χ4v) is 5.01. The Morgan fingerprint density at radius 3 is 2.29 bits per heavy atom. The fraction of sp³-hybridized carbons (Fsp3) is 0.391. The van der Waals surface area contributed by atoms with Crippen LogP contribution in [0.2, 0.25) is 0 Å². The van der Waals surface area contributed by atoms with Crippen LogP contribution in [0.5, 0.6) is 0 Å². The number of nitrogens with two attached hydrogens (primary N) is 1. The SMILES string of the molecule is C=CC(=O)NCCC(=O)N[C@@H](CC(=O)O)C(=O)N[C@H](CSSCCN)Cc1ccc(NC(=O)C(=O)O)cc1. The highest BCUT2D eigenvalue weighted by molar-refractivity contribution is 8.76. The number of carbonyl (C=O) groups excluding carboxylic acids is 4. The monoisotopic (exact) mass is 569 g/mol. The number of hydrogen-bond acceptors (Lipinski definition) is 9. The van der Waals surface area contributed by atoms with Gasteiger partial charge in [-0.3, -0.25) is 24.0 Å². The second kappa shape index (κ2) is 17.8. The van der Waals surface area contributed by atoms with E-state index in [1.165, 1.54) is 33.7 Å². The minimum absolute atomic E-state index is 0.0152. The molecule has 0 aromatic heterocycles. The number of amides is 4. The van der Waals surface area contributed by atoms with E-state index in [4.69, 9.17) is 10.8 Å². The maximum atomic E-state index is 13.0. The largest absolute Gasteiger partial charge is 0.481 e. The first-order valence-electron chi connectivity index (χ1n) is 11.3. The second-order valence-corrected chi connectivity index (χ2v) is 10.4. The molecule has 0 unspecified atom stereocenters. The standard InChI is InChI=1S/C23H31N5O8S2/c1-2-18(29)25-9-7-19(30)28-17(12-20(31)32)21(33)27-16(13-38-37-10-8-24)11-14-3-5-15(6-4-14)26-22(34)23(35)36/h2-6,16-17H,1,7-13,24H2,(H,25,29)(H,26,34)(H,27,33)(H,28,30)(H,31,32)(H,35,36)/t16-,17-/m0/s1. The first-order chi connectivity index (χ1) is 18.0. The highest BCUT2D eigenvalue weighted by Gasteiger charge is 2.26. The Morgan fingerprint density at radius 2 is 1.71 bits per heavy atom. The molecule has 13 nitrogen and oxygen atoms in total. The first-order valence-corrected chi connectivity index (χ1v) is 13.8. The average molecular weight is 570 g/mol. The number of anilines is 1. The number of aliphatic carboxylic acids is 2. The molecule has 1 rings (SSSR count). The summed E-state index contributed by atoms with van der Waals surface area (Å²) in [5, 5.41) is 27.8. The molecule has 0 heterocycles. The number of rotatable bonds is 17. The normalized spacial score (nSPS) is 11.9. The van der Waals surface area contributed by atoms with Crippen LogP contribution in [-0.2, 0) is 35.2 Å². The molecule has 0 radical (unpaired) electrons. The summed E-state index contributed by atoms with van der Waals surface area (Å²) in [4.78, 5) is 69.7. The molecule has 0 bridgehead atoms. The van der Waals surface area contributed by atoms with Crippen LogP contribution < -0.4 is 27.0 Å². The third kappa shape index (κ3) is 13.7. The molecule has 0 saturated carbocycles. The summed E-state index contributed by atoms with van der Waals surface area (Å²) in [6, 6.07) is 4.55. The lowest BCUT2D eigenvalue weighted by atomic mass is 10.1. The predicted octanol–water partition coefficient (Wildman–Crippen LogP) is -0.271. The van der Waals surface area contributed by atoms with Crippen molar-refractivity contribution in [3.8, 4) is 0 Å². The van der Waals surface area contributed by atoms with Crippen molar-refractivity contribution < 1.29 is 39.0 Å². The van der Waals surface area contributed by atoms with Crippen molar-refractivity contribution in [1.29, 1.82) is 0 Å². The average Bonchev–Trinajstić information content (AvgIpc) is 2.86. The lowest BCUT2D eigenvalue weighted by Gasteiger charge is -2.23. The summed E-state index contributed by atoms with van der Waals surface area (Å²) in [5.41, 5.74) is 6.55. The molecule has 15 heteroatoms. The van der Waals surface area contributed by atoms with Crippen molar-refractivity contribution in [3.63, 3.8) is 0 Å². The maximum absolute atomic E-state index is 13.0. The van der Waals surface area contributed by atoms with Crippen molar-refractivity contribution in [2.75, 3.05) is 29.9 Å². The Labute approximate surface area is 227 Å². The summed E-state index contributed by atoms with van der Waals surface area (Å²) in [7, 11) is 2.97. The van der Waals surface area contributed by atoms with Gasteiger partial charge in [0.25, 0.3) is 0 Å². The molecule has 0 aliphatic heterocycles. The molecule has 1 aromatic carbocycles. The smallest absolute Gasteiger partial charge is 0.394 e. The Bertz CT molecular complexity index is 1010. The van der Waals surface area contributed by atoms with Crippen molar-refractivity contribution in [2.45, 2.75) is 31.3 Å². The lowest BCUT2D eigenvalue weighted by Crippen LogP contribution is -2.51. The third-order valence-corrected chi connectivity index (χ3v) is 7.17. The number of carboxylic acids is 2. The van der Waals surface area contributed by atoms with Crippen LogP contribution in [0.1, 0.15) is 18.4 Å². The van der Waals surface area contributed by atoms with Crippen LogP contribution in [0, 0.1) is 0 Å². The first kappa shape index (κ1) is 32.5. The van der Waals surface area contributed by atoms with E-state index in [0.717, 1.165) is 11.6 Å². The van der Waals surface area contributed by atoms with Gasteiger partial charge in [0.1, 0.15) is 6.04 Å². The van der Waals surface area contributed by atoms with E-state index in [1.54, 1.807) is 12.1 Å². The zero-order valence-corrected chi connectivity index (χ0v) is 22.1. The van der Waals surface area contributed by atoms with Crippen LogP contribution in [0.15, 0.2) is 36.9 Å². The number of nitrogens with one attached hydrogen (secondary N) is 4. The topological polar surface area (TPSA) is 217 Å². The van der Waals surface area contributed by atoms with Gasteiger partial charge >= 0.3 is 17.8 Å². The van der Waals surface area contributed by atoms with E-state index in [-0.39, 0.29) is 18.7 Å².